The minimum atomic E-state index is -0.862. The van der Waals surface area contributed by atoms with Crippen LogP contribution in [0.1, 0.15) is 40.5 Å². The molecule has 0 fully saturated rings. The van der Waals surface area contributed by atoms with Crippen molar-refractivity contribution < 1.29 is 19.4 Å². The number of Topliss-reactive ketones (excluding diaryl/α,β-unsaturated/α-hetero) is 1. The first-order chi connectivity index (χ1) is 6.72. The Bertz CT molecular complexity index is 227. The number of carboxylic acids is 1. The molecule has 0 aliphatic heterocycles. The molecule has 0 aromatic rings. The minimum absolute atomic E-state index is 0.0435. The SMILES string of the molecule is C[C@@H](CCC(=O)COC(C)(C)C)C(=O)O. The predicted octanol–water partition coefficient (Wildman–Crippen LogP) is 1.87. The normalized spacial score (nSPS) is 13.6. The molecule has 0 bridgehead atoms. The first kappa shape index (κ1) is 14.1. The average molecular weight is 216 g/mol. The number of aliphatic carboxylic acids is 1. The lowest BCUT2D eigenvalue weighted by molar-refractivity contribution is -0.141. The van der Waals surface area contributed by atoms with Gasteiger partial charge in [0.1, 0.15) is 6.61 Å². The Labute approximate surface area is 90.6 Å². The summed E-state index contributed by atoms with van der Waals surface area (Å²) in [6.45, 7) is 7.29. The zero-order valence-corrected chi connectivity index (χ0v) is 9.87. The van der Waals surface area contributed by atoms with Crippen molar-refractivity contribution in [3.63, 3.8) is 0 Å². The molecule has 0 heterocycles. The molecule has 0 saturated carbocycles. The molecule has 15 heavy (non-hydrogen) atoms. The highest BCUT2D eigenvalue weighted by molar-refractivity contribution is 5.80. The van der Waals surface area contributed by atoms with Crippen molar-refractivity contribution in [1.29, 1.82) is 0 Å². The summed E-state index contributed by atoms with van der Waals surface area (Å²) in [7, 11) is 0. The number of hydrogen-bond acceptors (Lipinski definition) is 3. The topological polar surface area (TPSA) is 63.6 Å². The highest BCUT2D eigenvalue weighted by Gasteiger charge is 2.15. The fraction of sp³-hybridized carbons (Fsp3) is 0.818. The Morgan fingerprint density at radius 1 is 1.33 bits per heavy atom. The Balaban J connectivity index is 3.72. The zero-order chi connectivity index (χ0) is 12.1. The van der Waals surface area contributed by atoms with Crippen LogP contribution in [0.3, 0.4) is 0 Å². The van der Waals surface area contributed by atoms with E-state index in [1.54, 1.807) is 6.92 Å². The van der Waals surface area contributed by atoms with Crippen LogP contribution in [-0.4, -0.2) is 29.1 Å². The van der Waals surface area contributed by atoms with E-state index >= 15 is 0 Å². The van der Waals surface area contributed by atoms with Crippen LogP contribution in [0.15, 0.2) is 0 Å². The third-order valence-corrected chi connectivity index (χ3v) is 1.94. The van der Waals surface area contributed by atoms with Gasteiger partial charge in [0, 0.05) is 6.42 Å². The van der Waals surface area contributed by atoms with Crippen LogP contribution in [0.25, 0.3) is 0 Å². The number of ether oxygens (including phenoxy) is 1. The molecule has 0 rings (SSSR count). The molecular weight excluding hydrogens is 196 g/mol. The van der Waals surface area contributed by atoms with Crippen molar-refractivity contribution in [2.24, 2.45) is 5.92 Å². The van der Waals surface area contributed by atoms with Crippen molar-refractivity contribution >= 4 is 11.8 Å². The Kier molecular flexibility index (Phi) is 5.50. The summed E-state index contributed by atoms with van der Waals surface area (Å²) in [5.74, 6) is -1.37. The van der Waals surface area contributed by atoms with Gasteiger partial charge in [-0.1, -0.05) is 6.92 Å². The molecule has 1 atom stereocenters. The van der Waals surface area contributed by atoms with Gasteiger partial charge in [-0.15, -0.1) is 0 Å². The fourth-order valence-corrected chi connectivity index (χ4v) is 0.870. The third kappa shape index (κ3) is 8.12. The number of rotatable bonds is 6. The Morgan fingerprint density at radius 2 is 1.87 bits per heavy atom. The van der Waals surface area contributed by atoms with E-state index in [-0.39, 0.29) is 24.4 Å². The first-order valence-corrected chi connectivity index (χ1v) is 5.11. The summed E-state index contributed by atoms with van der Waals surface area (Å²) in [6, 6.07) is 0. The van der Waals surface area contributed by atoms with E-state index in [2.05, 4.69) is 0 Å². The molecular formula is C11H20O4. The number of carbonyl (C=O) groups excluding carboxylic acids is 1. The molecule has 88 valence electrons. The van der Waals surface area contributed by atoms with E-state index in [4.69, 9.17) is 9.84 Å². The van der Waals surface area contributed by atoms with Crippen molar-refractivity contribution in [1.82, 2.24) is 0 Å². The molecule has 0 amide bonds. The second-order valence-corrected chi connectivity index (χ2v) is 4.72. The van der Waals surface area contributed by atoms with E-state index in [0.29, 0.717) is 6.42 Å². The van der Waals surface area contributed by atoms with E-state index in [1.165, 1.54) is 0 Å². The summed E-state index contributed by atoms with van der Waals surface area (Å²) in [5.41, 5.74) is -0.325. The van der Waals surface area contributed by atoms with Crippen LogP contribution in [0.4, 0.5) is 0 Å². The summed E-state index contributed by atoms with van der Waals surface area (Å²) in [4.78, 5) is 21.8. The molecule has 0 radical (unpaired) electrons. The molecule has 4 heteroatoms. The standard InChI is InChI=1S/C11H20O4/c1-8(10(13)14)5-6-9(12)7-15-11(2,3)4/h8H,5-7H2,1-4H3,(H,13,14)/t8-/m0/s1. The summed E-state index contributed by atoms with van der Waals surface area (Å²) >= 11 is 0. The van der Waals surface area contributed by atoms with Crippen molar-refractivity contribution in [2.45, 2.75) is 46.1 Å². The maximum atomic E-state index is 11.3. The van der Waals surface area contributed by atoms with E-state index in [0.717, 1.165) is 0 Å². The molecule has 0 spiro atoms. The van der Waals surface area contributed by atoms with Crippen molar-refractivity contribution in [3.8, 4) is 0 Å². The average Bonchev–Trinajstić information content (AvgIpc) is 2.09. The van der Waals surface area contributed by atoms with Gasteiger partial charge in [-0.3, -0.25) is 9.59 Å². The van der Waals surface area contributed by atoms with Gasteiger partial charge in [0.25, 0.3) is 0 Å². The second kappa shape index (κ2) is 5.85. The van der Waals surface area contributed by atoms with Crippen LogP contribution >= 0.6 is 0 Å². The number of carbonyl (C=O) groups is 2. The minimum Gasteiger partial charge on any atom is -0.481 e. The van der Waals surface area contributed by atoms with Gasteiger partial charge in [-0.25, -0.2) is 0 Å². The summed E-state index contributed by atoms with van der Waals surface area (Å²) in [6.07, 6.45) is 0.644. The summed E-state index contributed by atoms with van der Waals surface area (Å²) < 4.78 is 5.29. The van der Waals surface area contributed by atoms with Crippen LogP contribution in [-0.2, 0) is 14.3 Å². The van der Waals surface area contributed by atoms with E-state index in [9.17, 15) is 9.59 Å². The van der Waals surface area contributed by atoms with Crippen LogP contribution in [0.2, 0.25) is 0 Å². The van der Waals surface area contributed by atoms with E-state index < -0.39 is 11.9 Å². The van der Waals surface area contributed by atoms with Crippen LogP contribution in [0.5, 0.6) is 0 Å². The first-order valence-electron chi connectivity index (χ1n) is 5.11. The number of carboxylic acid groups (broad SMARTS) is 1. The molecule has 0 aromatic carbocycles. The highest BCUT2D eigenvalue weighted by atomic mass is 16.5. The molecule has 0 unspecified atom stereocenters. The van der Waals surface area contributed by atoms with Gasteiger partial charge < -0.3 is 9.84 Å². The largest absolute Gasteiger partial charge is 0.481 e. The molecule has 0 saturated heterocycles. The number of ketones is 1. The van der Waals surface area contributed by atoms with Crippen LogP contribution < -0.4 is 0 Å². The summed E-state index contributed by atoms with van der Waals surface area (Å²) in [5, 5.41) is 8.61. The van der Waals surface area contributed by atoms with Gasteiger partial charge >= 0.3 is 5.97 Å². The van der Waals surface area contributed by atoms with Gasteiger partial charge in [-0.05, 0) is 27.2 Å². The Hall–Kier alpha value is -0.900. The molecule has 0 aromatic heterocycles. The third-order valence-electron chi connectivity index (χ3n) is 1.94. The van der Waals surface area contributed by atoms with Gasteiger partial charge in [-0.2, -0.15) is 0 Å². The van der Waals surface area contributed by atoms with E-state index in [1.807, 2.05) is 20.8 Å². The lowest BCUT2D eigenvalue weighted by atomic mass is 10.0. The van der Waals surface area contributed by atoms with Gasteiger partial charge in [0.15, 0.2) is 5.78 Å². The Morgan fingerprint density at radius 3 is 2.27 bits per heavy atom. The van der Waals surface area contributed by atoms with Gasteiger partial charge in [0.05, 0.1) is 11.5 Å². The number of hydrogen-bond donors (Lipinski definition) is 1. The molecule has 0 aliphatic rings. The van der Waals surface area contributed by atoms with Crippen molar-refractivity contribution in [3.05, 3.63) is 0 Å². The maximum absolute atomic E-state index is 11.3. The predicted molar refractivity (Wildman–Crippen MR) is 56.7 cm³/mol. The zero-order valence-electron chi connectivity index (χ0n) is 9.87. The van der Waals surface area contributed by atoms with Gasteiger partial charge in [0.2, 0.25) is 0 Å². The molecule has 0 aliphatic carbocycles. The van der Waals surface area contributed by atoms with Crippen molar-refractivity contribution in [2.75, 3.05) is 6.61 Å². The molecule has 4 nitrogen and oxygen atoms in total. The molecule has 1 N–H and O–H groups in total. The lowest BCUT2D eigenvalue weighted by Crippen LogP contribution is -2.24. The smallest absolute Gasteiger partial charge is 0.306 e. The fourth-order valence-electron chi connectivity index (χ4n) is 0.870. The second-order valence-electron chi connectivity index (χ2n) is 4.72. The van der Waals surface area contributed by atoms with Crippen LogP contribution in [0, 0.1) is 5.92 Å². The monoisotopic (exact) mass is 216 g/mol. The maximum Gasteiger partial charge on any atom is 0.306 e. The lowest BCUT2D eigenvalue weighted by Gasteiger charge is -2.18. The quantitative estimate of drug-likeness (QED) is 0.736. The highest BCUT2D eigenvalue weighted by Crippen LogP contribution is 2.09.